The highest BCUT2D eigenvalue weighted by Gasteiger charge is 2.41. The molecular formula is C12H21NO2. The Labute approximate surface area is 91.2 Å². The number of carboxylic acid groups (broad SMARTS) is 1. The molecular weight excluding hydrogens is 190 g/mol. The molecule has 4 unspecified atom stereocenters. The predicted molar refractivity (Wildman–Crippen MR) is 58.7 cm³/mol. The molecule has 2 saturated carbocycles. The summed E-state index contributed by atoms with van der Waals surface area (Å²) in [5, 5.41) is 11.9. The van der Waals surface area contributed by atoms with Crippen molar-refractivity contribution in [3.8, 4) is 0 Å². The minimum atomic E-state index is -0.706. The van der Waals surface area contributed by atoms with E-state index in [0.717, 1.165) is 17.8 Å². The summed E-state index contributed by atoms with van der Waals surface area (Å²) >= 11 is 0. The van der Waals surface area contributed by atoms with Crippen LogP contribution in [0.15, 0.2) is 0 Å². The topological polar surface area (TPSA) is 49.3 Å². The molecule has 0 saturated heterocycles. The zero-order valence-electron chi connectivity index (χ0n) is 9.41. The van der Waals surface area contributed by atoms with Crippen LogP contribution in [0.1, 0.15) is 39.0 Å². The van der Waals surface area contributed by atoms with Crippen LogP contribution in [0, 0.1) is 17.8 Å². The van der Waals surface area contributed by atoms with Crippen LogP contribution in [-0.4, -0.2) is 23.7 Å². The van der Waals surface area contributed by atoms with Crippen LogP contribution in [0.3, 0.4) is 0 Å². The first-order chi connectivity index (χ1) is 7.16. The number of fused-ring (bicyclic) bond motifs is 2. The lowest BCUT2D eigenvalue weighted by atomic mass is 9.84. The molecule has 0 amide bonds. The van der Waals surface area contributed by atoms with E-state index < -0.39 is 5.97 Å². The fourth-order valence-electron chi connectivity index (χ4n) is 3.46. The van der Waals surface area contributed by atoms with E-state index in [4.69, 9.17) is 5.11 Å². The standard InChI is InChI=1S/C12H21NO2/c1-8(13-5-4-12(14)15)11-7-9-2-3-10(11)6-9/h8-11,13H,2-7H2,1H3,(H,14,15). The molecule has 15 heavy (non-hydrogen) atoms. The molecule has 2 bridgehead atoms. The van der Waals surface area contributed by atoms with Gasteiger partial charge in [-0.2, -0.15) is 0 Å². The number of carboxylic acids is 1. The molecule has 2 N–H and O–H groups in total. The van der Waals surface area contributed by atoms with Crippen molar-refractivity contribution in [3.05, 3.63) is 0 Å². The van der Waals surface area contributed by atoms with E-state index in [9.17, 15) is 4.79 Å². The van der Waals surface area contributed by atoms with Gasteiger partial charge in [-0.1, -0.05) is 6.42 Å². The number of aliphatic carboxylic acids is 1. The average Bonchev–Trinajstić information content (AvgIpc) is 2.77. The highest BCUT2D eigenvalue weighted by Crippen LogP contribution is 2.49. The van der Waals surface area contributed by atoms with Gasteiger partial charge in [0.05, 0.1) is 6.42 Å². The van der Waals surface area contributed by atoms with Gasteiger partial charge in [0.1, 0.15) is 0 Å². The molecule has 0 aromatic rings. The van der Waals surface area contributed by atoms with Gasteiger partial charge in [-0.3, -0.25) is 4.79 Å². The van der Waals surface area contributed by atoms with Crippen LogP contribution in [0.5, 0.6) is 0 Å². The molecule has 2 aliphatic rings. The number of rotatable bonds is 5. The normalized spacial score (nSPS) is 35.7. The van der Waals surface area contributed by atoms with Gasteiger partial charge in [-0.25, -0.2) is 0 Å². The maximum Gasteiger partial charge on any atom is 0.304 e. The Morgan fingerprint density at radius 1 is 1.47 bits per heavy atom. The van der Waals surface area contributed by atoms with E-state index in [1.165, 1.54) is 25.7 Å². The number of nitrogens with one attached hydrogen (secondary N) is 1. The fraction of sp³-hybridized carbons (Fsp3) is 0.917. The molecule has 0 heterocycles. The van der Waals surface area contributed by atoms with Gasteiger partial charge in [0, 0.05) is 12.6 Å². The number of hydrogen-bond acceptors (Lipinski definition) is 2. The Morgan fingerprint density at radius 3 is 2.80 bits per heavy atom. The van der Waals surface area contributed by atoms with Crippen LogP contribution in [0.25, 0.3) is 0 Å². The molecule has 2 rings (SSSR count). The third kappa shape index (κ3) is 2.51. The van der Waals surface area contributed by atoms with Crippen LogP contribution in [0.4, 0.5) is 0 Å². The minimum absolute atomic E-state index is 0.241. The molecule has 4 atom stereocenters. The maximum absolute atomic E-state index is 10.4. The Hall–Kier alpha value is -0.570. The van der Waals surface area contributed by atoms with E-state index >= 15 is 0 Å². The van der Waals surface area contributed by atoms with Gasteiger partial charge < -0.3 is 10.4 Å². The molecule has 0 aliphatic heterocycles. The quantitative estimate of drug-likeness (QED) is 0.730. The van der Waals surface area contributed by atoms with E-state index in [2.05, 4.69) is 12.2 Å². The Balaban J connectivity index is 1.72. The predicted octanol–water partition coefficient (Wildman–Crippen LogP) is 1.88. The van der Waals surface area contributed by atoms with E-state index in [1.807, 2.05) is 0 Å². The summed E-state index contributed by atoms with van der Waals surface area (Å²) in [6, 6.07) is 0.500. The Morgan fingerprint density at radius 2 is 2.27 bits per heavy atom. The minimum Gasteiger partial charge on any atom is -0.481 e. The zero-order valence-corrected chi connectivity index (χ0v) is 9.41. The summed E-state index contributed by atoms with van der Waals surface area (Å²) in [6.45, 7) is 2.83. The summed E-state index contributed by atoms with van der Waals surface area (Å²) in [7, 11) is 0. The Bertz CT molecular complexity index is 242. The monoisotopic (exact) mass is 211 g/mol. The van der Waals surface area contributed by atoms with Gasteiger partial charge in [0.2, 0.25) is 0 Å². The first-order valence-electron chi connectivity index (χ1n) is 6.12. The first-order valence-corrected chi connectivity index (χ1v) is 6.12. The fourth-order valence-corrected chi connectivity index (χ4v) is 3.46. The first kappa shape index (κ1) is 10.9. The van der Waals surface area contributed by atoms with Gasteiger partial charge in [0.25, 0.3) is 0 Å². The SMILES string of the molecule is CC(NCCC(=O)O)C1CC2CCC1C2. The molecule has 0 aromatic heterocycles. The van der Waals surface area contributed by atoms with Crippen molar-refractivity contribution in [1.29, 1.82) is 0 Å². The van der Waals surface area contributed by atoms with Crippen molar-refractivity contribution in [2.45, 2.75) is 45.1 Å². The van der Waals surface area contributed by atoms with Crippen molar-refractivity contribution in [2.24, 2.45) is 17.8 Å². The second kappa shape index (κ2) is 4.52. The van der Waals surface area contributed by atoms with E-state index in [-0.39, 0.29) is 6.42 Å². The summed E-state index contributed by atoms with van der Waals surface area (Å²) in [6.07, 6.45) is 5.87. The van der Waals surface area contributed by atoms with Crippen molar-refractivity contribution >= 4 is 5.97 Å². The van der Waals surface area contributed by atoms with Crippen LogP contribution in [0.2, 0.25) is 0 Å². The number of carbonyl (C=O) groups is 1. The summed E-state index contributed by atoms with van der Waals surface area (Å²) < 4.78 is 0. The molecule has 2 fully saturated rings. The molecule has 0 aromatic carbocycles. The van der Waals surface area contributed by atoms with E-state index in [1.54, 1.807) is 0 Å². The third-order valence-electron chi connectivity index (χ3n) is 4.24. The van der Waals surface area contributed by atoms with Crippen LogP contribution < -0.4 is 5.32 Å². The average molecular weight is 211 g/mol. The van der Waals surface area contributed by atoms with E-state index in [0.29, 0.717) is 12.6 Å². The lowest BCUT2D eigenvalue weighted by Crippen LogP contribution is -2.37. The van der Waals surface area contributed by atoms with Gasteiger partial charge >= 0.3 is 5.97 Å². The zero-order chi connectivity index (χ0) is 10.8. The molecule has 3 nitrogen and oxygen atoms in total. The smallest absolute Gasteiger partial charge is 0.304 e. The van der Waals surface area contributed by atoms with Gasteiger partial charge in [-0.05, 0) is 43.9 Å². The Kier molecular flexibility index (Phi) is 3.29. The maximum atomic E-state index is 10.4. The lowest BCUT2D eigenvalue weighted by Gasteiger charge is -2.28. The van der Waals surface area contributed by atoms with Crippen LogP contribution in [-0.2, 0) is 4.79 Å². The molecule has 86 valence electrons. The molecule has 2 aliphatic carbocycles. The highest BCUT2D eigenvalue weighted by molar-refractivity contribution is 5.66. The largest absolute Gasteiger partial charge is 0.481 e. The van der Waals surface area contributed by atoms with Crippen molar-refractivity contribution in [3.63, 3.8) is 0 Å². The van der Waals surface area contributed by atoms with Gasteiger partial charge in [0.15, 0.2) is 0 Å². The van der Waals surface area contributed by atoms with Gasteiger partial charge in [-0.15, -0.1) is 0 Å². The second-order valence-electron chi connectivity index (χ2n) is 5.23. The molecule has 3 heteroatoms. The summed E-state index contributed by atoms with van der Waals surface area (Å²) in [5.41, 5.74) is 0. The van der Waals surface area contributed by atoms with Crippen molar-refractivity contribution < 1.29 is 9.90 Å². The highest BCUT2D eigenvalue weighted by atomic mass is 16.4. The lowest BCUT2D eigenvalue weighted by molar-refractivity contribution is -0.136. The summed E-state index contributed by atoms with van der Waals surface area (Å²) in [4.78, 5) is 10.4. The molecule has 0 spiro atoms. The number of hydrogen-bond donors (Lipinski definition) is 2. The third-order valence-corrected chi connectivity index (χ3v) is 4.24. The second-order valence-corrected chi connectivity index (χ2v) is 5.23. The molecule has 0 radical (unpaired) electrons. The summed E-state index contributed by atoms with van der Waals surface area (Å²) in [5.74, 6) is 1.99. The van der Waals surface area contributed by atoms with Crippen LogP contribution >= 0.6 is 0 Å². The van der Waals surface area contributed by atoms with Crippen molar-refractivity contribution in [1.82, 2.24) is 5.32 Å². The van der Waals surface area contributed by atoms with Crippen molar-refractivity contribution in [2.75, 3.05) is 6.54 Å².